The van der Waals surface area contributed by atoms with E-state index in [1.807, 2.05) is 19.1 Å². The van der Waals surface area contributed by atoms with Gasteiger partial charge in [0, 0.05) is 17.1 Å². The van der Waals surface area contributed by atoms with Crippen LogP contribution in [0.5, 0.6) is 5.75 Å². The molecule has 0 heterocycles. The minimum absolute atomic E-state index is 0.0120. The average Bonchev–Trinajstić information content (AvgIpc) is 2.55. The quantitative estimate of drug-likeness (QED) is 0.579. The molecule has 0 atom stereocenters. The summed E-state index contributed by atoms with van der Waals surface area (Å²) >= 11 is 11.9. The molecule has 0 saturated carbocycles. The average molecular weight is 380 g/mol. The Morgan fingerprint density at radius 2 is 1.96 bits per heavy atom. The van der Waals surface area contributed by atoms with E-state index in [4.69, 9.17) is 27.9 Å². The van der Waals surface area contributed by atoms with E-state index < -0.39 is 0 Å². The molecule has 0 radical (unpaired) electrons. The third-order valence-electron chi connectivity index (χ3n) is 3.89. The van der Waals surface area contributed by atoms with Gasteiger partial charge in [0.15, 0.2) is 0 Å². The maximum absolute atomic E-state index is 12.3. The predicted octanol–water partition coefficient (Wildman–Crippen LogP) is 6.22. The lowest BCUT2D eigenvalue weighted by molar-refractivity contribution is -0.116. The number of amides is 1. The Hall–Kier alpha value is -1.71. The molecule has 0 aliphatic rings. The fourth-order valence-corrected chi connectivity index (χ4v) is 3.01. The Morgan fingerprint density at radius 1 is 1.20 bits per heavy atom. The van der Waals surface area contributed by atoms with E-state index in [0.29, 0.717) is 41.2 Å². The molecule has 2 aromatic rings. The Bertz CT molecular complexity index is 744. The highest BCUT2D eigenvalue weighted by atomic mass is 35.5. The van der Waals surface area contributed by atoms with Crippen molar-refractivity contribution in [2.45, 2.75) is 39.5 Å². The topological polar surface area (TPSA) is 38.3 Å². The fraction of sp³-hybridized carbons (Fsp3) is 0.350. The number of nitrogens with one attached hydrogen (secondary N) is 1. The highest BCUT2D eigenvalue weighted by molar-refractivity contribution is 6.35. The van der Waals surface area contributed by atoms with E-state index >= 15 is 0 Å². The standard InChI is InChI=1S/C20H23Cl2NO2/c1-13(2)16-7-4-6-14(3)20(16)23-19(24)8-5-11-25-18-10-9-15(21)12-17(18)22/h4,6-7,9-10,12-13H,5,8,11H2,1-3H3,(H,23,24). The molecule has 0 fully saturated rings. The molecule has 0 aliphatic heterocycles. The molecule has 1 amide bonds. The van der Waals surface area contributed by atoms with Crippen molar-refractivity contribution in [3.63, 3.8) is 0 Å². The van der Waals surface area contributed by atoms with E-state index in [2.05, 4.69) is 25.2 Å². The summed E-state index contributed by atoms with van der Waals surface area (Å²) in [5, 5.41) is 4.08. The molecule has 25 heavy (non-hydrogen) atoms. The van der Waals surface area contributed by atoms with Gasteiger partial charge in [0.05, 0.1) is 11.6 Å². The van der Waals surface area contributed by atoms with Gasteiger partial charge in [-0.05, 0) is 48.6 Å². The Labute approximate surface area is 159 Å². The van der Waals surface area contributed by atoms with Crippen LogP contribution >= 0.6 is 23.2 Å². The van der Waals surface area contributed by atoms with Crippen LogP contribution < -0.4 is 10.1 Å². The van der Waals surface area contributed by atoms with Gasteiger partial charge in [0.1, 0.15) is 5.75 Å². The van der Waals surface area contributed by atoms with Crippen LogP contribution in [0.15, 0.2) is 36.4 Å². The van der Waals surface area contributed by atoms with Crippen LogP contribution in [0.4, 0.5) is 5.69 Å². The zero-order valence-corrected chi connectivity index (χ0v) is 16.2. The van der Waals surface area contributed by atoms with Gasteiger partial charge in [-0.3, -0.25) is 4.79 Å². The predicted molar refractivity (Wildman–Crippen MR) is 105 cm³/mol. The van der Waals surface area contributed by atoms with E-state index in [1.54, 1.807) is 18.2 Å². The van der Waals surface area contributed by atoms with Crippen LogP contribution in [-0.2, 0) is 4.79 Å². The first kappa shape index (κ1) is 19.6. The van der Waals surface area contributed by atoms with Crippen molar-refractivity contribution in [1.29, 1.82) is 0 Å². The van der Waals surface area contributed by atoms with Crippen LogP contribution in [-0.4, -0.2) is 12.5 Å². The zero-order valence-electron chi connectivity index (χ0n) is 14.7. The second kappa shape index (κ2) is 9.12. The number of hydrogen-bond acceptors (Lipinski definition) is 2. The summed E-state index contributed by atoms with van der Waals surface area (Å²) in [6.45, 7) is 6.66. The molecule has 3 nitrogen and oxygen atoms in total. The number of halogens is 2. The van der Waals surface area contributed by atoms with Crippen molar-refractivity contribution in [1.82, 2.24) is 0 Å². The minimum Gasteiger partial charge on any atom is -0.492 e. The molecule has 0 aromatic heterocycles. The van der Waals surface area contributed by atoms with Gasteiger partial charge in [-0.15, -0.1) is 0 Å². The molecule has 2 rings (SSSR count). The maximum Gasteiger partial charge on any atom is 0.224 e. The normalized spacial score (nSPS) is 10.8. The molecule has 0 bridgehead atoms. The lowest BCUT2D eigenvalue weighted by Gasteiger charge is -2.16. The van der Waals surface area contributed by atoms with Crippen molar-refractivity contribution in [2.75, 3.05) is 11.9 Å². The number of para-hydroxylation sites is 1. The van der Waals surface area contributed by atoms with E-state index in [0.717, 1.165) is 16.8 Å². The Kier molecular flexibility index (Phi) is 7.15. The number of hydrogen-bond donors (Lipinski definition) is 1. The molecular weight excluding hydrogens is 357 g/mol. The number of anilines is 1. The molecule has 0 spiro atoms. The van der Waals surface area contributed by atoms with Gasteiger partial charge < -0.3 is 10.1 Å². The van der Waals surface area contributed by atoms with Crippen molar-refractivity contribution >= 4 is 34.8 Å². The second-order valence-corrected chi connectivity index (χ2v) is 7.11. The van der Waals surface area contributed by atoms with Gasteiger partial charge in [0.25, 0.3) is 0 Å². The van der Waals surface area contributed by atoms with Gasteiger partial charge in [-0.2, -0.15) is 0 Å². The first-order chi connectivity index (χ1) is 11.9. The number of aryl methyl sites for hydroxylation is 1. The van der Waals surface area contributed by atoms with Crippen molar-refractivity contribution < 1.29 is 9.53 Å². The van der Waals surface area contributed by atoms with Crippen molar-refractivity contribution in [3.8, 4) is 5.75 Å². The lowest BCUT2D eigenvalue weighted by Crippen LogP contribution is -2.15. The zero-order chi connectivity index (χ0) is 18.4. The van der Waals surface area contributed by atoms with Gasteiger partial charge in [-0.25, -0.2) is 0 Å². The summed E-state index contributed by atoms with van der Waals surface area (Å²) in [6.07, 6.45) is 0.991. The first-order valence-corrected chi connectivity index (χ1v) is 9.11. The summed E-state index contributed by atoms with van der Waals surface area (Å²) in [6, 6.07) is 11.2. The fourth-order valence-electron chi connectivity index (χ4n) is 2.55. The van der Waals surface area contributed by atoms with Crippen molar-refractivity contribution in [3.05, 3.63) is 57.6 Å². The molecule has 5 heteroatoms. The van der Waals surface area contributed by atoms with Gasteiger partial charge in [0.2, 0.25) is 5.91 Å². The van der Waals surface area contributed by atoms with Crippen LogP contribution in [0.3, 0.4) is 0 Å². The molecule has 0 aliphatic carbocycles. The number of rotatable bonds is 7. The first-order valence-electron chi connectivity index (χ1n) is 8.35. The van der Waals surface area contributed by atoms with Gasteiger partial charge in [-0.1, -0.05) is 55.2 Å². The van der Waals surface area contributed by atoms with E-state index in [9.17, 15) is 4.79 Å². The second-order valence-electron chi connectivity index (χ2n) is 6.27. The highest BCUT2D eigenvalue weighted by Crippen LogP contribution is 2.28. The number of benzene rings is 2. The van der Waals surface area contributed by atoms with Crippen molar-refractivity contribution in [2.24, 2.45) is 0 Å². The largest absolute Gasteiger partial charge is 0.492 e. The summed E-state index contributed by atoms with van der Waals surface area (Å²) in [7, 11) is 0. The summed E-state index contributed by atoms with van der Waals surface area (Å²) in [5.74, 6) is 0.917. The summed E-state index contributed by atoms with van der Waals surface area (Å²) < 4.78 is 5.61. The highest BCUT2D eigenvalue weighted by Gasteiger charge is 2.12. The summed E-state index contributed by atoms with van der Waals surface area (Å²) in [5.41, 5.74) is 3.14. The van der Waals surface area contributed by atoms with E-state index in [-0.39, 0.29) is 5.91 Å². The third kappa shape index (κ3) is 5.65. The molecule has 0 unspecified atom stereocenters. The SMILES string of the molecule is Cc1cccc(C(C)C)c1NC(=O)CCCOc1ccc(Cl)cc1Cl. The maximum atomic E-state index is 12.3. The van der Waals surface area contributed by atoms with Crippen LogP contribution in [0.25, 0.3) is 0 Å². The Morgan fingerprint density at radius 3 is 2.64 bits per heavy atom. The molecular formula is C20H23Cl2NO2. The number of carbonyl (C=O) groups is 1. The number of ether oxygens (including phenoxy) is 1. The smallest absolute Gasteiger partial charge is 0.224 e. The van der Waals surface area contributed by atoms with Crippen LogP contribution in [0.2, 0.25) is 10.0 Å². The summed E-state index contributed by atoms with van der Waals surface area (Å²) in [4.78, 5) is 12.3. The molecule has 2 aromatic carbocycles. The Balaban J connectivity index is 1.85. The van der Waals surface area contributed by atoms with Gasteiger partial charge >= 0.3 is 0 Å². The monoisotopic (exact) mass is 379 g/mol. The number of carbonyl (C=O) groups excluding carboxylic acids is 1. The van der Waals surface area contributed by atoms with Crippen LogP contribution in [0, 0.1) is 6.92 Å². The van der Waals surface area contributed by atoms with E-state index in [1.165, 1.54) is 0 Å². The lowest BCUT2D eigenvalue weighted by atomic mass is 9.98. The molecule has 134 valence electrons. The molecule has 1 N–H and O–H groups in total. The minimum atomic E-state index is -0.0120. The van der Waals surface area contributed by atoms with Crippen LogP contribution in [0.1, 0.15) is 43.7 Å². The molecule has 0 saturated heterocycles. The third-order valence-corrected chi connectivity index (χ3v) is 4.42.